The molecule has 0 bridgehead atoms. The fourth-order valence-corrected chi connectivity index (χ4v) is 2.18. The van der Waals surface area contributed by atoms with Gasteiger partial charge in [0.25, 0.3) is 0 Å². The number of nitrogens with zero attached hydrogens (tertiary/aromatic N) is 1. The second kappa shape index (κ2) is 4.71. The van der Waals surface area contributed by atoms with Crippen molar-refractivity contribution in [3.63, 3.8) is 0 Å². The second-order valence-electron chi connectivity index (χ2n) is 3.32. The molecule has 0 aliphatic carbocycles. The number of hydrogen-bond acceptors (Lipinski definition) is 4. The van der Waals surface area contributed by atoms with Crippen molar-refractivity contribution in [3.8, 4) is 5.75 Å². The second-order valence-corrected chi connectivity index (χ2v) is 4.18. The number of esters is 1. The Morgan fingerprint density at radius 3 is 2.71 bits per heavy atom. The van der Waals surface area contributed by atoms with Gasteiger partial charge in [-0.25, -0.2) is 4.79 Å². The maximum atomic E-state index is 11.8. The molecule has 17 heavy (non-hydrogen) atoms. The van der Waals surface area contributed by atoms with E-state index in [4.69, 9.17) is 9.47 Å². The summed E-state index contributed by atoms with van der Waals surface area (Å²) >= 11 is 3.41. The summed E-state index contributed by atoms with van der Waals surface area (Å²) < 4.78 is 10.7. The predicted octanol–water partition coefficient (Wildman–Crippen LogP) is 2.79. The van der Waals surface area contributed by atoms with Crippen LogP contribution in [0.1, 0.15) is 10.4 Å². The van der Waals surface area contributed by atoms with Crippen molar-refractivity contribution in [2.45, 2.75) is 0 Å². The van der Waals surface area contributed by atoms with Crippen LogP contribution in [-0.4, -0.2) is 25.2 Å². The lowest BCUT2D eigenvalue weighted by molar-refractivity contribution is 0.0599. The van der Waals surface area contributed by atoms with Gasteiger partial charge in [-0.05, 0) is 18.2 Å². The fourth-order valence-electron chi connectivity index (χ4n) is 1.66. The van der Waals surface area contributed by atoms with Crippen molar-refractivity contribution >= 4 is 32.8 Å². The molecule has 2 aromatic rings. The van der Waals surface area contributed by atoms with Gasteiger partial charge in [0.05, 0.1) is 19.7 Å². The number of aromatic nitrogens is 1. The lowest BCUT2D eigenvalue weighted by atomic mass is 10.1. The number of carbonyl (C=O) groups excluding carboxylic acids is 1. The Labute approximate surface area is 107 Å². The van der Waals surface area contributed by atoms with Crippen LogP contribution in [-0.2, 0) is 4.74 Å². The topological polar surface area (TPSA) is 48.4 Å². The zero-order chi connectivity index (χ0) is 12.4. The van der Waals surface area contributed by atoms with Crippen LogP contribution >= 0.6 is 15.9 Å². The number of methoxy groups -OCH3 is 2. The van der Waals surface area contributed by atoms with Crippen LogP contribution in [0.3, 0.4) is 0 Å². The zero-order valence-corrected chi connectivity index (χ0v) is 10.9. The summed E-state index contributed by atoms with van der Waals surface area (Å²) in [6.45, 7) is 0. The molecule has 2 rings (SSSR count). The van der Waals surface area contributed by atoms with Gasteiger partial charge in [0.1, 0.15) is 11.3 Å². The summed E-state index contributed by atoms with van der Waals surface area (Å²) in [5.41, 5.74) is 1.09. The highest BCUT2D eigenvalue weighted by molar-refractivity contribution is 9.10. The summed E-state index contributed by atoms with van der Waals surface area (Å²) in [6, 6.07) is 5.27. The van der Waals surface area contributed by atoms with Gasteiger partial charge in [0, 0.05) is 16.1 Å². The lowest BCUT2D eigenvalue weighted by Crippen LogP contribution is -2.05. The minimum Gasteiger partial charge on any atom is -0.496 e. The van der Waals surface area contributed by atoms with Crippen molar-refractivity contribution in [1.82, 2.24) is 4.98 Å². The minimum atomic E-state index is -0.443. The van der Waals surface area contributed by atoms with Gasteiger partial charge < -0.3 is 9.47 Å². The van der Waals surface area contributed by atoms with E-state index in [0.717, 1.165) is 4.47 Å². The molecule has 0 atom stereocenters. The van der Waals surface area contributed by atoms with Crippen molar-refractivity contribution < 1.29 is 14.3 Å². The molecular weight excluding hydrogens is 286 g/mol. The molecule has 0 unspecified atom stereocenters. The number of benzene rings is 1. The van der Waals surface area contributed by atoms with E-state index in [2.05, 4.69) is 20.9 Å². The molecule has 0 radical (unpaired) electrons. The Kier molecular flexibility index (Phi) is 3.28. The van der Waals surface area contributed by atoms with E-state index in [0.29, 0.717) is 22.2 Å². The summed E-state index contributed by atoms with van der Waals surface area (Å²) in [7, 11) is 2.85. The summed E-state index contributed by atoms with van der Waals surface area (Å²) in [5, 5.41) is 0.693. The van der Waals surface area contributed by atoms with Gasteiger partial charge in [0.2, 0.25) is 0 Å². The molecule has 88 valence electrons. The van der Waals surface area contributed by atoms with Crippen LogP contribution in [0.4, 0.5) is 0 Å². The first-order chi connectivity index (χ1) is 8.19. The van der Waals surface area contributed by atoms with Crippen molar-refractivity contribution in [3.05, 3.63) is 34.4 Å². The summed E-state index contributed by atoms with van der Waals surface area (Å²) in [6.07, 6.45) is 1.67. The number of halogens is 1. The van der Waals surface area contributed by atoms with Crippen LogP contribution in [0.25, 0.3) is 10.9 Å². The van der Waals surface area contributed by atoms with Crippen LogP contribution in [0.5, 0.6) is 5.75 Å². The fraction of sp³-hybridized carbons (Fsp3) is 0.167. The maximum absolute atomic E-state index is 11.8. The first kappa shape index (κ1) is 11.9. The molecule has 0 N–H and O–H groups in total. The highest BCUT2D eigenvalue weighted by Crippen LogP contribution is 2.32. The molecule has 0 spiro atoms. The number of hydrogen-bond donors (Lipinski definition) is 0. The first-order valence-corrected chi connectivity index (χ1v) is 5.68. The van der Waals surface area contributed by atoms with Crippen LogP contribution in [0.2, 0.25) is 0 Å². The Bertz CT molecular complexity index is 583. The average Bonchev–Trinajstić information content (AvgIpc) is 2.37. The van der Waals surface area contributed by atoms with E-state index in [1.165, 1.54) is 14.2 Å². The third kappa shape index (κ3) is 1.98. The van der Waals surface area contributed by atoms with Crippen molar-refractivity contribution in [2.24, 2.45) is 0 Å². The van der Waals surface area contributed by atoms with Gasteiger partial charge in [-0.1, -0.05) is 15.9 Å². The van der Waals surface area contributed by atoms with Crippen LogP contribution in [0, 0.1) is 0 Å². The Hall–Kier alpha value is -1.62. The SMILES string of the molecule is COC(=O)c1c(OC)ccc2nccc(Br)c12. The normalized spacial score (nSPS) is 10.3. The zero-order valence-electron chi connectivity index (χ0n) is 9.36. The van der Waals surface area contributed by atoms with E-state index < -0.39 is 5.97 Å². The lowest BCUT2D eigenvalue weighted by Gasteiger charge is -2.10. The number of fused-ring (bicyclic) bond motifs is 1. The third-order valence-corrected chi connectivity index (χ3v) is 3.09. The molecule has 0 fully saturated rings. The molecule has 4 nitrogen and oxygen atoms in total. The van der Waals surface area contributed by atoms with Gasteiger partial charge in [-0.2, -0.15) is 0 Å². The molecule has 0 aliphatic rings. The standard InChI is InChI=1S/C12H10BrNO3/c1-16-9-4-3-8-10(7(13)5-6-14-8)11(9)12(15)17-2/h3-6H,1-2H3. The number of pyridine rings is 1. The first-order valence-electron chi connectivity index (χ1n) is 4.88. The van der Waals surface area contributed by atoms with Crippen LogP contribution in [0.15, 0.2) is 28.9 Å². The molecule has 5 heteroatoms. The minimum absolute atomic E-state index is 0.382. The Balaban J connectivity index is 2.87. The molecule has 1 aromatic heterocycles. The van der Waals surface area contributed by atoms with Crippen molar-refractivity contribution in [2.75, 3.05) is 14.2 Å². The van der Waals surface area contributed by atoms with E-state index >= 15 is 0 Å². The molecule has 0 saturated carbocycles. The number of rotatable bonds is 2. The molecular formula is C12H10BrNO3. The largest absolute Gasteiger partial charge is 0.496 e. The van der Waals surface area contributed by atoms with Gasteiger partial charge in [0.15, 0.2) is 0 Å². The van der Waals surface area contributed by atoms with Crippen LogP contribution < -0.4 is 4.74 Å². The quantitative estimate of drug-likeness (QED) is 0.800. The smallest absolute Gasteiger partial charge is 0.342 e. The molecule has 0 amide bonds. The van der Waals surface area contributed by atoms with Gasteiger partial charge in [-0.15, -0.1) is 0 Å². The summed E-state index contributed by atoms with van der Waals surface area (Å²) in [5.74, 6) is 0.0270. The highest BCUT2D eigenvalue weighted by Gasteiger charge is 2.19. The monoisotopic (exact) mass is 295 g/mol. The highest BCUT2D eigenvalue weighted by atomic mass is 79.9. The molecule has 1 heterocycles. The Morgan fingerprint density at radius 1 is 1.29 bits per heavy atom. The maximum Gasteiger partial charge on any atom is 0.342 e. The molecule has 0 aliphatic heterocycles. The summed E-state index contributed by atoms with van der Waals surface area (Å²) in [4.78, 5) is 16.0. The molecule has 1 aromatic carbocycles. The third-order valence-electron chi connectivity index (χ3n) is 2.43. The average molecular weight is 296 g/mol. The number of ether oxygens (including phenoxy) is 2. The van der Waals surface area contributed by atoms with Gasteiger partial charge in [-0.3, -0.25) is 4.98 Å². The molecule has 0 saturated heterocycles. The predicted molar refractivity (Wildman–Crippen MR) is 67.3 cm³/mol. The number of carbonyl (C=O) groups is 1. The Morgan fingerprint density at radius 2 is 2.06 bits per heavy atom. The van der Waals surface area contributed by atoms with E-state index in [1.54, 1.807) is 24.4 Å². The van der Waals surface area contributed by atoms with Gasteiger partial charge >= 0.3 is 5.97 Å². The van der Waals surface area contributed by atoms with E-state index in [1.807, 2.05) is 0 Å². The van der Waals surface area contributed by atoms with E-state index in [9.17, 15) is 4.79 Å². The van der Waals surface area contributed by atoms with Crippen molar-refractivity contribution in [1.29, 1.82) is 0 Å². The van der Waals surface area contributed by atoms with E-state index in [-0.39, 0.29) is 0 Å².